The van der Waals surface area contributed by atoms with Crippen LogP contribution < -0.4 is 10.6 Å². The fourth-order valence-corrected chi connectivity index (χ4v) is 8.71. The zero-order valence-electron chi connectivity index (χ0n) is 23.9. The van der Waals surface area contributed by atoms with Crippen molar-refractivity contribution in [2.75, 3.05) is 18.1 Å². The third kappa shape index (κ3) is 7.17. The molecule has 3 rings (SSSR count). The van der Waals surface area contributed by atoms with Gasteiger partial charge in [-0.05, 0) is 81.1 Å². The van der Waals surface area contributed by atoms with Gasteiger partial charge in [0, 0.05) is 45.5 Å². The third-order valence-electron chi connectivity index (χ3n) is 7.89. The highest BCUT2D eigenvalue weighted by atomic mass is 33.1. The first-order valence-electron chi connectivity index (χ1n) is 13.3. The maximum Gasteiger partial charge on any atom is 0.329 e. The van der Waals surface area contributed by atoms with Crippen molar-refractivity contribution < 1.29 is 29.5 Å². The number of esters is 1. The lowest BCUT2D eigenvalue weighted by molar-refractivity contribution is -0.292. The van der Waals surface area contributed by atoms with Crippen LogP contribution in [0.3, 0.4) is 0 Å². The topological polar surface area (TPSA) is 131 Å². The van der Waals surface area contributed by atoms with Crippen molar-refractivity contribution in [3.8, 4) is 0 Å². The minimum Gasteiger partial charge on any atom is -0.462 e. The van der Waals surface area contributed by atoms with E-state index in [1.54, 1.807) is 0 Å². The molecule has 38 heavy (non-hydrogen) atoms. The van der Waals surface area contributed by atoms with Crippen LogP contribution in [0, 0.1) is 11.8 Å². The standard InChI is InChI=1S/C26H44N4O6S2/c1-23(2)9-16(10-24(3,4)29(23)34)20(31)27-18-13-36-22(33)19(15-38-37-14-18)28-21(32)17-11-25(5,6)30(35)26(7,8)12-17/h16-19H,9-15H2,1-8H3,(H,27,31)(H,28,32). The molecular weight excluding hydrogens is 528 g/mol. The van der Waals surface area contributed by atoms with E-state index in [-0.39, 0.29) is 36.3 Å². The highest BCUT2D eigenvalue weighted by Crippen LogP contribution is 2.41. The lowest BCUT2D eigenvalue weighted by atomic mass is 9.75. The molecule has 0 aromatic heterocycles. The van der Waals surface area contributed by atoms with E-state index in [1.165, 1.54) is 21.6 Å². The van der Waals surface area contributed by atoms with Gasteiger partial charge in [-0.15, -0.1) is 20.5 Å². The maximum atomic E-state index is 13.2. The van der Waals surface area contributed by atoms with Crippen LogP contribution in [0.4, 0.5) is 0 Å². The number of carbonyl (C=O) groups excluding carboxylic acids is 3. The first-order chi connectivity index (χ1) is 17.4. The highest BCUT2D eigenvalue weighted by molar-refractivity contribution is 8.76. The van der Waals surface area contributed by atoms with Gasteiger partial charge in [0.15, 0.2) is 0 Å². The first kappa shape index (κ1) is 31.5. The Bertz CT molecular complexity index is 876. The number of hydroxylamine groups is 4. The summed E-state index contributed by atoms with van der Waals surface area (Å²) in [6.45, 7) is 14.8. The number of cyclic esters (lactones) is 1. The summed E-state index contributed by atoms with van der Waals surface area (Å²) in [5, 5.41) is 33.4. The van der Waals surface area contributed by atoms with E-state index in [4.69, 9.17) is 4.74 Å². The van der Waals surface area contributed by atoms with Crippen LogP contribution in [0.1, 0.15) is 81.1 Å². The molecule has 3 heterocycles. The molecule has 3 fully saturated rings. The predicted molar refractivity (Wildman–Crippen MR) is 147 cm³/mol. The van der Waals surface area contributed by atoms with Crippen molar-refractivity contribution in [3.63, 3.8) is 0 Å². The fraction of sp³-hybridized carbons (Fsp3) is 0.885. The van der Waals surface area contributed by atoms with Gasteiger partial charge in [0.05, 0.1) is 6.04 Å². The van der Waals surface area contributed by atoms with E-state index in [0.717, 1.165) is 10.1 Å². The van der Waals surface area contributed by atoms with E-state index < -0.39 is 34.2 Å². The number of nitrogens with zero attached hydrogens (tertiary/aromatic N) is 2. The SMILES string of the molecule is CC1(C)CC(C(=O)NC2COC(=O)C(NC(=O)C3CC(C)(C)N([O])C(C)(C)C3)CSSC2)CC(C)(C)N1[O]. The lowest BCUT2D eigenvalue weighted by Crippen LogP contribution is -2.61. The second kappa shape index (κ2) is 11.4. The summed E-state index contributed by atoms with van der Waals surface area (Å²) in [6, 6.07) is -1.19. The molecule has 216 valence electrons. The molecule has 2 atom stereocenters. The van der Waals surface area contributed by atoms with Crippen LogP contribution in [0.15, 0.2) is 0 Å². The summed E-state index contributed by atoms with van der Waals surface area (Å²) in [6.07, 6.45) is 1.71. The number of amides is 2. The molecule has 2 unspecified atom stereocenters. The average molecular weight is 573 g/mol. The largest absolute Gasteiger partial charge is 0.462 e. The maximum absolute atomic E-state index is 13.2. The molecule has 2 N–H and O–H groups in total. The van der Waals surface area contributed by atoms with Crippen molar-refractivity contribution in [1.82, 2.24) is 20.8 Å². The summed E-state index contributed by atoms with van der Waals surface area (Å²) in [4.78, 5) is 39.2. The Kier molecular flexibility index (Phi) is 9.48. The Morgan fingerprint density at radius 1 is 0.737 bits per heavy atom. The van der Waals surface area contributed by atoms with Crippen molar-refractivity contribution in [3.05, 3.63) is 0 Å². The number of hydrogen-bond donors (Lipinski definition) is 2. The second-order valence-electron chi connectivity index (χ2n) is 13.5. The molecule has 0 aromatic rings. The zero-order valence-corrected chi connectivity index (χ0v) is 25.6. The summed E-state index contributed by atoms with van der Waals surface area (Å²) < 4.78 is 5.55. The zero-order chi connectivity index (χ0) is 28.7. The molecule has 2 radical (unpaired) electrons. The number of hydrogen-bond acceptors (Lipinski definition) is 8. The Balaban J connectivity index is 1.58. The van der Waals surface area contributed by atoms with Gasteiger partial charge in [-0.25, -0.2) is 4.79 Å². The van der Waals surface area contributed by atoms with Crippen molar-refractivity contribution >= 4 is 39.4 Å². The van der Waals surface area contributed by atoms with Gasteiger partial charge in [-0.3, -0.25) is 9.59 Å². The van der Waals surface area contributed by atoms with E-state index in [9.17, 15) is 24.8 Å². The van der Waals surface area contributed by atoms with Crippen LogP contribution in [-0.4, -0.2) is 80.3 Å². The van der Waals surface area contributed by atoms with Crippen molar-refractivity contribution in [2.45, 2.75) is 115 Å². The molecule has 3 aliphatic heterocycles. The highest BCUT2D eigenvalue weighted by Gasteiger charge is 2.49. The Hall–Kier alpha value is -1.05. The molecule has 12 heteroatoms. The van der Waals surface area contributed by atoms with Crippen LogP contribution in [0.5, 0.6) is 0 Å². The molecular formula is C26H44N4O6S2. The molecule has 3 saturated heterocycles. The van der Waals surface area contributed by atoms with Gasteiger partial charge in [0.1, 0.15) is 12.6 Å². The van der Waals surface area contributed by atoms with Crippen molar-refractivity contribution in [2.24, 2.45) is 11.8 Å². The quantitative estimate of drug-likeness (QED) is 0.388. The Morgan fingerprint density at radius 2 is 1.13 bits per heavy atom. The fourth-order valence-electron chi connectivity index (χ4n) is 6.34. The summed E-state index contributed by atoms with van der Waals surface area (Å²) in [5.74, 6) is -0.725. The first-order valence-corrected chi connectivity index (χ1v) is 15.8. The van der Waals surface area contributed by atoms with E-state index in [2.05, 4.69) is 10.6 Å². The minimum atomic E-state index is -0.811. The smallest absolute Gasteiger partial charge is 0.329 e. The molecule has 0 aliphatic carbocycles. The van der Waals surface area contributed by atoms with Crippen molar-refractivity contribution in [1.29, 1.82) is 0 Å². The van der Waals surface area contributed by atoms with Gasteiger partial charge in [-0.2, -0.15) is 0 Å². The second-order valence-corrected chi connectivity index (χ2v) is 16.1. The number of nitrogens with one attached hydrogen (secondary N) is 2. The molecule has 0 aromatic carbocycles. The monoisotopic (exact) mass is 572 g/mol. The number of ether oxygens (including phenoxy) is 1. The summed E-state index contributed by atoms with van der Waals surface area (Å²) in [5.41, 5.74) is -2.68. The van der Waals surface area contributed by atoms with Crippen LogP contribution >= 0.6 is 21.6 Å². The number of carbonyl (C=O) groups is 3. The van der Waals surface area contributed by atoms with E-state index >= 15 is 0 Å². The molecule has 0 spiro atoms. The van der Waals surface area contributed by atoms with Crippen LogP contribution in [0.25, 0.3) is 0 Å². The Labute approximate surface area is 234 Å². The Morgan fingerprint density at radius 3 is 1.58 bits per heavy atom. The number of rotatable bonds is 4. The summed E-state index contributed by atoms with van der Waals surface area (Å²) >= 11 is 0. The summed E-state index contributed by atoms with van der Waals surface area (Å²) in [7, 11) is 2.97. The van der Waals surface area contributed by atoms with Crippen LogP contribution in [-0.2, 0) is 29.5 Å². The molecule has 0 bridgehead atoms. The average Bonchev–Trinajstić information content (AvgIpc) is 2.86. The molecule has 2 amide bonds. The molecule has 3 aliphatic rings. The van der Waals surface area contributed by atoms with Gasteiger partial charge >= 0.3 is 5.97 Å². The number of piperidine rings is 2. The van der Waals surface area contributed by atoms with Gasteiger partial charge in [0.2, 0.25) is 11.8 Å². The lowest BCUT2D eigenvalue weighted by Gasteiger charge is -2.49. The van der Waals surface area contributed by atoms with Gasteiger partial charge < -0.3 is 15.4 Å². The third-order valence-corrected chi connectivity index (χ3v) is 10.4. The minimum absolute atomic E-state index is 0.00627. The van der Waals surface area contributed by atoms with Gasteiger partial charge in [0.25, 0.3) is 0 Å². The van der Waals surface area contributed by atoms with Gasteiger partial charge in [-0.1, -0.05) is 21.6 Å². The predicted octanol–water partition coefficient (Wildman–Crippen LogP) is 3.12. The molecule has 10 nitrogen and oxygen atoms in total. The van der Waals surface area contributed by atoms with Crippen LogP contribution in [0.2, 0.25) is 0 Å². The normalized spacial score (nSPS) is 30.8. The van der Waals surface area contributed by atoms with E-state index in [0.29, 0.717) is 37.2 Å². The van der Waals surface area contributed by atoms with E-state index in [1.807, 2.05) is 55.4 Å². The molecule has 0 saturated carbocycles.